The summed E-state index contributed by atoms with van der Waals surface area (Å²) in [5.41, 5.74) is 3.42. The summed E-state index contributed by atoms with van der Waals surface area (Å²) in [5.74, 6) is 0.599. The summed E-state index contributed by atoms with van der Waals surface area (Å²) in [6.07, 6.45) is 4.03. The molecule has 5 nitrogen and oxygen atoms in total. The first-order valence-corrected chi connectivity index (χ1v) is 8.79. The van der Waals surface area contributed by atoms with Gasteiger partial charge in [0.05, 0.1) is 32.1 Å². The maximum atomic E-state index is 5.73. The summed E-state index contributed by atoms with van der Waals surface area (Å²) in [6, 6.07) is 8.40. The van der Waals surface area contributed by atoms with E-state index in [1.165, 1.54) is 11.1 Å². The summed E-state index contributed by atoms with van der Waals surface area (Å²) < 4.78 is 13.1. The number of ether oxygens (including phenoxy) is 2. The maximum Gasteiger partial charge on any atom is 0.0829 e. The van der Waals surface area contributed by atoms with Crippen molar-refractivity contribution in [3.05, 3.63) is 47.3 Å². The van der Waals surface area contributed by atoms with E-state index in [0.29, 0.717) is 25.7 Å². The van der Waals surface area contributed by atoms with Crippen LogP contribution in [0.4, 0.5) is 0 Å². The topological polar surface area (TPSA) is 49.2 Å². The van der Waals surface area contributed by atoms with Crippen LogP contribution in [0.1, 0.15) is 44.0 Å². The third-order valence-electron chi connectivity index (χ3n) is 3.58. The van der Waals surface area contributed by atoms with Gasteiger partial charge in [-0.2, -0.15) is 0 Å². The second-order valence-corrected chi connectivity index (χ2v) is 6.49. The van der Waals surface area contributed by atoms with E-state index < -0.39 is 0 Å². The van der Waals surface area contributed by atoms with E-state index in [-0.39, 0.29) is 0 Å². The molecule has 0 bridgehead atoms. The second kappa shape index (κ2) is 10.2. The molecule has 0 saturated carbocycles. The Morgan fingerprint density at radius 1 is 1.00 bits per heavy atom. The molecule has 24 heavy (non-hydrogen) atoms. The van der Waals surface area contributed by atoms with Gasteiger partial charge in [-0.1, -0.05) is 50.3 Å². The summed E-state index contributed by atoms with van der Waals surface area (Å²) in [5, 5.41) is 8.31. The van der Waals surface area contributed by atoms with Gasteiger partial charge in [0.1, 0.15) is 0 Å². The van der Waals surface area contributed by atoms with Crippen molar-refractivity contribution < 1.29 is 9.47 Å². The molecule has 5 heteroatoms. The minimum Gasteiger partial charge on any atom is -0.377 e. The lowest BCUT2D eigenvalue weighted by molar-refractivity contribution is 0.110. The number of benzene rings is 1. The molecule has 0 radical (unpaired) electrons. The molecule has 132 valence electrons. The zero-order valence-corrected chi connectivity index (χ0v) is 15.1. The molecule has 0 aliphatic rings. The van der Waals surface area contributed by atoms with E-state index in [1.807, 2.05) is 10.9 Å². The molecule has 0 atom stereocenters. The van der Waals surface area contributed by atoms with E-state index in [4.69, 9.17) is 9.47 Å². The molecule has 2 aromatic rings. The fraction of sp³-hybridized carbons (Fsp3) is 0.579. The van der Waals surface area contributed by atoms with Crippen molar-refractivity contribution in [2.24, 2.45) is 5.92 Å². The van der Waals surface area contributed by atoms with E-state index in [2.05, 4.69) is 55.3 Å². The van der Waals surface area contributed by atoms with E-state index in [0.717, 1.165) is 31.7 Å². The minimum atomic E-state index is 0.599. The van der Waals surface area contributed by atoms with Crippen molar-refractivity contribution in [3.63, 3.8) is 0 Å². The van der Waals surface area contributed by atoms with Crippen molar-refractivity contribution in [2.45, 2.75) is 53.4 Å². The third-order valence-corrected chi connectivity index (χ3v) is 3.58. The first-order valence-electron chi connectivity index (χ1n) is 8.79. The smallest absolute Gasteiger partial charge is 0.0829 e. The highest BCUT2D eigenvalue weighted by molar-refractivity contribution is 5.21. The Morgan fingerprint density at radius 3 is 2.21 bits per heavy atom. The average Bonchev–Trinajstić information content (AvgIpc) is 3.00. The standard InChI is InChI=1S/C19H29N3O2/c1-4-10-23-14-17-5-7-18(8-6-17)15-24-11-9-22-13-19(20-21-22)12-16(2)3/h5-8,13,16H,4,9-12,14-15H2,1-3H3. The van der Waals surface area contributed by atoms with Gasteiger partial charge in [0.15, 0.2) is 0 Å². The lowest BCUT2D eigenvalue weighted by Gasteiger charge is -2.06. The maximum absolute atomic E-state index is 5.73. The van der Waals surface area contributed by atoms with Crippen LogP contribution in [0.25, 0.3) is 0 Å². The molecule has 0 spiro atoms. The third kappa shape index (κ3) is 6.81. The van der Waals surface area contributed by atoms with Crippen LogP contribution >= 0.6 is 0 Å². The monoisotopic (exact) mass is 331 g/mol. The highest BCUT2D eigenvalue weighted by Gasteiger charge is 2.03. The van der Waals surface area contributed by atoms with Gasteiger partial charge in [0.25, 0.3) is 0 Å². The largest absolute Gasteiger partial charge is 0.377 e. The molecule has 0 fully saturated rings. The van der Waals surface area contributed by atoms with Crippen LogP contribution in [0.5, 0.6) is 0 Å². The van der Waals surface area contributed by atoms with Crippen LogP contribution in [0.2, 0.25) is 0 Å². The van der Waals surface area contributed by atoms with Crippen LogP contribution < -0.4 is 0 Å². The SMILES string of the molecule is CCCOCc1ccc(COCCn2cc(CC(C)C)nn2)cc1. The van der Waals surface area contributed by atoms with Crippen molar-refractivity contribution in [2.75, 3.05) is 13.2 Å². The molecule has 1 aromatic heterocycles. The van der Waals surface area contributed by atoms with Gasteiger partial charge >= 0.3 is 0 Å². The van der Waals surface area contributed by atoms with Crippen molar-refractivity contribution in [1.82, 2.24) is 15.0 Å². The fourth-order valence-corrected chi connectivity index (χ4v) is 2.37. The van der Waals surface area contributed by atoms with E-state index >= 15 is 0 Å². The predicted molar refractivity (Wildman–Crippen MR) is 94.6 cm³/mol. The zero-order valence-electron chi connectivity index (χ0n) is 15.1. The Morgan fingerprint density at radius 2 is 1.62 bits per heavy atom. The predicted octanol–water partition coefficient (Wildman–Crippen LogP) is 3.62. The molecular formula is C19H29N3O2. The summed E-state index contributed by atoms with van der Waals surface area (Å²) >= 11 is 0. The van der Waals surface area contributed by atoms with Gasteiger partial charge in [0, 0.05) is 12.8 Å². The first kappa shape index (κ1) is 18.6. The van der Waals surface area contributed by atoms with E-state index in [1.54, 1.807) is 0 Å². The van der Waals surface area contributed by atoms with Crippen LogP contribution in [0, 0.1) is 5.92 Å². The highest BCUT2D eigenvalue weighted by atomic mass is 16.5. The van der Waals surface area contributed by atoms with Crippen LogP contribution in [0.3, 0.4) is 0 Å². The van der Waals surface area contributed by atoms with Crippen LogP contribution in [-0.4, -0.2) is 28.2 Å². The molecule has 0 aliphatic carbocycles. The van der Waals surface area contributed by atoms with Crippen molar-refractivity contribution in [3.8, 4) is 0 Å². The first-order chi connectivity index (χ1) is 11.7. The van der Waals surface area contributed by atoms with Gasteiger partial charge in [-0.25, -0.2) is 4.68 Å². The molecule has 2 rings (SSSR count). The molecule has 1 heterocycles. The number of rotatable bonds is 11. The quantitative estimate of drug-likeness (QED) is 0.590. The van der Waals surface area contributed by atoms with E-state index in [9.17, 15) is 0 Å². The Hall–Kier alpha value is -1.72. The molecule has 0 aliphatic heterocycles. The van der Waals surface area contributed by atoms with Gasteiger partial charge in [-0.15, -0.1) is 5.10 Å². The van der Waals surface area contributed by atoms with Crippen molar-refractivity contribution >= 4 is 0 Å². The average molecular weight is 331 g/mol. The Balaban J connectivity index is 1.65. The van der Waals surface area contributed by atoms with Gasteiger partial charge in [0.2, 0.25) is 0 Å². The summed E-state index contributed by atoms with van der Waals surface area (Å²) in [6.45, 7) is 9.95. The Bertz CT molecular complexity index is 579. The van der Waals surface area contributed by atoms with Gasteiger partial charge in [-0.3, -0.25) is 0 Å². The highest BCUT2D eigenvalue weighted by Crippen LogP contribution is 2.08. The molecule has 1 aromatic carbocycles. The second-order valence-electron chi connectivity index (χ2n) is 6.49. The lowest BCUT2D eigenvalue weighted by atomic mass is 10.1. The summed E-state index contributed by atoms with van der Waals surface area (Å²) in [4.78, 5) is 0. The molecule has 0 N–H and O–H groups in total. The Labute approximate surface area is 145 Å². The number of hydrogen-bond acceptors (Lipinski definition) is 4. The lowest BCUT2D eigenvalue weighted by Crippen LogP contribution is -2.06. The number of aromatic nitrogens is 3. The molecule has 0 saturated heterocycles. The van der Waals surface area contributed by atoms with Gasteiger partial charge < -0.3 is 9.47 Å². The number of hydrogen-bond donors (Lipinski definition) is 0. The summed E-state index contributed by atoms with van der Waals surface area (Å²) in [7, 11) is 0. The van der Waals surface area contributed by atoms with Gasteiger partial charge in [-0.05, 0) is 29.9 Å². The molecular weight excluding hydrogens is 302 g/mol. The Kier molecular flexibility index (Phi) is 7.92. The zero-order chi connectivity index (χ0) is 17.2. The fourth-order valence-electron chi connectivity index (χ4n) is 2.37. The van der Waals surface area contributed by atoms with Crippen LogP contribution in [-0.2, 0) is 35.7 Å². The number of nitrogens with zero attached hydrogens (tertiary/aromatic N) is 3. The molecule has 0 amide bonds. The minimum absolute atomic E-state index is 0.599. The van der Waals surface area contributed by atoms with Crippen LogP contribution in [0.15, 0.2) is 30.5 Å². The normalized spacial score (nSPS) is 11.3. The molecule has 0 unspecified atom stereocenters. The van der Waals surface area contributed by atoms with Crippen molar-refractivity contribution in [1.29, 1.82) is 0 Å².